The largest absolute Gasteiger partial charge is 0.450 e. The molecule has 3 aliphatic rings. The number of carbonyl (C=O) groups is 4. The van der Waals surface area contributed by atoms with Crippen LogP contribution in [0.1, 0.15) is 39.5 Å². The number of ether oxygens (including phenoxy) is 1. The van der Waals surface area contributed by atoms with E-state index in [4.69, 9.17) is 4.74 Å². The number of nitrogens with zero attached hydrogens (tertiary/aromatic N) is 3. The van der Waals surface area contributed by atoms with Gasteiger partial charge in [-0.1, -0.05) is 6.92 Å². The van der Waals surface area contributed by atoms with E-state index in [1.807, 2.05) is 0 Å². The number of piperazine rings is 1. The van der Waals surface area contributed by atoms with Crippen molar-refractivity contribution in [3.8, 4) is 0 Å². The van der Waals surface area contributed by atoms with Crippen LogP contribution in [0.15, 0.2) is 0 Å². The van der Waals surface area contributed by atoms with Crippen molar-refractivity contribution in [3.63, 3.8) is 0 Å². The minimum atomic E-state index is -0.827. The molecule has 1 aliphatic carbocycles. The summed E-state index contributed by atoms with van der Waals surface area (Å²) < 4.78 is 4.96. The summed E-state index contributed by atoms with van der Waals surface area (Å²) in [6.07, 6.45) is 2.66. The molecule has 2 heterocycles. The third-order valence-corrected chi connectivity index (χ3v) is 5.83. The van der Waals surface area contributed by atoms with Crippen LogP contribution in [-0.4, -0.2) is 83.5 Å². The Bertz CT molecular complexity index is 621. The first-order valence-electron chi connectivity index (χ1n) is 9.70. The molecule has 1 spiro atoms. The lowest BCUT2D eigenvalue weighted by Crippen LogP contribution is -2.53. The quantitative estimate of drug-likeness (QED) is 0.730. The Morgan fingerprint density at radius 3 is 2.30 bits per heavy atom. The molecule has 2 saturated heterocycles. The second kappa shape index (κ2) is 7.74. The highest BCUT2D eigenvalue weighted by Crippen LogP contribution is 2.36. The predicted molar refractivity (Wildman–Crippen MR) is 95.8 cm³/mol. The third-order valence-electron chi connectivity index (χ3n) is 5.83. The van der Waals surface area contributed by atoms with Gasteiger partial charge < -0.3 is 19.9 Å². The van der Waals surface area contributed by atoms with Gasteiger partial charge in [-0.3, -0.25) is 14.5 Å². The molecule has 0 aromatic rings. The first-order chi connectivity index (χ1) is 12.9. The number of hydrogen-bond acceptors (Lipinski definition) is 5. The van der Waals surface area contributed by atoms with Gasteiger partial charge in [0, 0.05) is 26.2 Å². The van der Waals surface area contributed by atoms with E-state index in [-0.39, 0.29) is 24.5 Å². The SMILES string of the molecule is CCOC(=O)N1CCN(C(=O)CN2C(=O)NC3(CCC(C)CC3)C2=O)CC1. The van der Waals surface area contributed by atoms with E-state index in [9.17, 15) is 19.2 Å². The Morgan fingerprint density at radius 2 is 1.70 bits per heavy atom. The van der Waals surface area contributed by atoms with Crippen LogP contribution in [0.4, 0.5) is 9.59 Å². The first kappa shape index (κ1) is 19.4. The number of carbonyl (C=O) groups excluding carboxylic acids is 4. The van der Waals surface area contributed by atoms with Crippen molar-refractivity contribution in [1.29, 1.82) is 0 Å². The molecule has 3 fully saturated rings. The van der Waals surface area contributed by atoms with Gasteiger partial charge >= 0.3 is 12.1 Å². The normalized spacial score (nSPS) is 28.5. The minimum absolute atomic E-state index is 0.249. The van der Waals surface area contributed by atoms with Gasteiger partial charge in [0.25, 0.3) is 5.91 Å². The van der Waals surface area contributed by atoms with Gasteiger partial charge in [0.05, 0.1) is 6.61 Å². The zero-order valence-corrected chi connectivity index (χ0v) is 16.0. The van der Waals surface area contributed by atoms with Gasteiger partial charge in [0.2, 0.25) is 5.91 Å². The van der Waals surface area contributed by atoms with Gasteiger partial charge in [-0.2, -0.15) is 0 Å². The number of amides is 5. The van der Waals surface area contributed by atoms with Crippen LogP contribution in [0.25, 0.3) is 0 Å². The van der Waals surface area contributed by atoms with Crippen LogP contribution in [0, 0.1) is 5.92 Å². The topological polar surface area (TPSA) is 99.3 Å². The molecule has 9 heteroatoms. The lowest BCUT2D eigenvalue weighted by atomic mass is 9.77. The lowest BCUT2D eigenvalue weighted by molar-refractivity contribution is -0.140. The number of nitrogens with one attached hydrogen (secondary N) is 1. The van der Waals surface area contributed by atoms with Crippen LogP contribution in [0.5, 0.6) is 0 Å². The maximum atomic E-state index is 12.8. The van der Waals surface area contributed by atoms with E-state index in [1.54, 1.807) is 16.7 Å². The molecule has 0 atom stereocenters. The highest BCUT2D eigenvalue weighted by Gasteiger charge is 2.52. The summed E-state index contributed by atoms with van der Waals surface area (Å²) in [5.74, 6) is -0.00662. The van der Waals surface area contributed by atoms with Crippen molar-refractivity contribution in [1.82, 2.24) is 20.0 Å². The number of urea groups is 1. The van der Waals surface area contributed by atoms with Crippen LogP contribution >= 0.6 is 0 Å². The van der Waals surface area contributed by atoms with Crippen molar-refractivity contribution >= 4 is 23.9 Å². The highest BCUT2D eigenvalue weighted by atomic mass is 16.6. The Labute approximate surface area is 159 Å². The maximum absolute atomic E-state index is 12.8. The summed E-state index contributed by atoms with van der Waals surface area (Å²) in [5.41, 5.74) is -0.827. The molecule has 0 radical (unpaired) electrons. The van der Waals surface area contributed by atoms with Gasteiger partial charge in [-0.05, 0) is 38.5 Å². The average Bonchev–Trinajstić information content (AvgIpc) is 2.89. The summed E-state index contributed by atoms with van der Waals surface area (Å²) in [4.78, 5) is 53.7. The van der Waals surface area contributed by atoms with Crippen LogP contribution in [-0.2, 0) is 14.3 Å². The van der Waals surface area contributed by atoms with E-state index >= 15 is 0 Å². The molecule has 2 aliphatic heterocycles. The van der Waals surface area contributed by atoms with Crippen molar-refractivity contribution in [2.75, 3.05) is 39.3 Å². The van der Waals surface area contributed by atoms with E-state index in [0.29, 0.717) is 51.5 Å². The Balaban J connectivity index is 1.55. The average molecular weight is 380 g/mol. The molecule has 0 unspecified atom stereocenters. The Kier molecular flexibility index (Phi) is 5.57. The molecule has 27 heavy (non-hydrogen) atoms. The van der Waals surface area contributed by atoms with E-state index in [1.165, 1.54) is 0 Å². The van der Waals surface area contributed by atoms with Crippen molar-refractivity contribution in [2.45, 2.75) is 45.1 Å². The van der Waals surface area contributed by atoms with Crippen LogP contribution in [0.2, 0.25) is 0 Å². The zero-order chi connectivity index (χ0) is 19.6. The summed E-state index contributed by atoms with van der Waals surface area (Å²) in [6.45, 7) is 5.44. The molecular formula is C18H28N4O5. The fraction of sp³-hybridized carbons (Fsp3) is 0.778. The number of rotatable bonds is 3. The predicted octanol–water partition coefficient (Wildman–Crippen LogP) is 0.788. The fourth-order valence-electron chi connectivity index (χ4n) is 4.00. The molecule has 150 valence electrons. The summed E-state index contributed by atoms with van der Waals surface area (Å²) in [5, 5.41) is 2.83. The van der Waals surface area contributed by atoms with E-state index < -0.39 is 11.6 Å². The van der Waals surface area contributed by atoms with E-state index in [2.05, 4.69) is 12.2 Å². The van der Waals surface area contributed by atoms with E-state index in [0.717, 1.165) is 17.7 Å². The van der Waals surface area contributed by atoms with Crippen molar-refractivity contribution < 1.29 is 23.9 Å². The molecule has 5 amide bonds. The fourth-order valence-corrected chi connectivity index (χ4v) is 4.00. The minimum Gasteiger partial charge on any atom is -0.450 e. The lowest BCUT2D eigenvalue weighted by Gasteiger charge is -2.35. The molecule has 0 aromatic carbocycles. The molecule has 3 rings (SSSR count). The third kappa shape index (κ3) is 3.86. The van der Waals surface area contributed by atoms with Crippen LogP contribution in [0.3, 0.4) is 0 Å². The summed E-state index contributed by atoms with van der Waals surface area (Å²) in [6, 6.07) is -0.479. The van der Waals surface area contributed by atoms with Gasteiger partial charge in [-0.15, -0.1) is 0 Å². The molecule has 0 aromatic heterocycles. The van der Waals surface area contributed by atoms with Crippen molar-refractivity contribution in [3.05, 3.63) is 0 Å². The zero-order valence-electron chi connectivity index (χ0n) is 16.0. The van der Waals surface area contributed by atoms with Gasteiger partial charge in [0.1, 0.15) is 12.1 Å². The second-order valence-electron chi connectivity index (χ2n) is 7.65. The molecule has 9 nitrogen and oxygen atoms in total. The summed E-state index contributed by atoms with van der Waals surface area (Å²) in [7, 11) is 0. The highest BCUT2D eigenvalue weighted by molar-refractivity contribution is 6.09. The first-order valence-corrected chi connectivity index (χ1v) is 9.70. The smallest absolute Gasteiger partial charge is 0.409 e. The number of hydrogen-bond donors (Lipinski definition) is 1. The monoisotopic (exact) mass is 380 g/mol. The second-order valence-corrected chi connectivity index (χ2v) is 7.65. The Morgan fingerprint density at radius 1 is 1.11 bits per heavy atom. The standard InChI is InChI=1S/C18H28N4O5/c1-3-27-17(26)21-10-8-20(9-11-21)14(23)12-22-15(24)18(19-16(22)25)6-4-13(2)5-7-18/h13H,3-12H2,1-2H3,(H,19,25). The van der Waals surface area contributed by atoms with Gasteiger partial charge in [-0.25, -0.2) is 9.59 Å². The van der Waals surface area contributed by atoms with Crippen LogP contribution < -0.4 is 5.32 Å². The Hall–Kier alpha value is -2.32. The maximum Gasteiger partial charge on any atom is 0.409 e. The molecule has 1 saturated carbocycles. The molecule has 0 bridgehead atoms. The van der Waals surface area contributed by atoms with Crippen molar-refractivity contribution in [2.24, 2.45) is 5.92 Å². The summed E-state index contributed by atoms with van der Waals surface area (Å²) >= 11 is 0. The van der Waals surface area contributed by atoms with Gasteiger partial charge in [0.15, 0.2) is 0 Å². The number of imide groups is 1. The molecule has 1 N–H and O–H groups in total. The molecular weight excluding hydrogens is 352 g/mol.